The SMILES string of the molecule is CCC(C)N(CC)S(=O)(=O)c1cc(C(=O)O)n(C)c1. The molecule has 1 heterocycles. The summed E-state index contributed by atoms with van der Waals surface area (Å²) >= 11 is 0. The second-order valence-corrected chi connectivity index (χ2v) is 6.33. The molecule has 0 aliphatic rings. The Hall–Kier alpha value is -1.34. The average Bonchev–Trinajstić information content (AvgIpc) is 2.72. The smallest absolute Gasteiger partial charge is 0.352 e. The van der Waals surface area contributed by atoms with E-state index in [2.05, 4.69) is 0 Å². The predicted octanol–water partition coefficient (Wildman–Crippen LogP) is 1.53. The normalized spacial score (nSPS) is 13.7. The van der Waals surface area contributed by atoms with Gasteiger partial charge in [-0.15, -0.1) is 0 Å². The van der Waals surface area contributed by atoms with Crippen molar-refractivity contribution in [2.45, 2.75) is 38.1 Å². The Morgan fingerprint density at radius 3 is 2.42 bits per heavy atom. The first-order valence-corrected chi connectivity index (χ1v) is 7.61. The Balaban J connectivity index is 3.26. The minimum atomic E-state index is -3.65. The maximum atomic E-state index is 12.5. The van der Waals surface area contributed by atoms with Crippen LogP contribution in [0.25, 0.3) is 0 Å². The topological polar surface area (TPSA) is 79.6 Å². The van der Waals surface area contributed by atoms with Gasteiger partial charge in [-0.25, -0.2) is 13.2 Å². The van der Waals surface area contributed by atoms with Crippen LogP contribution in [0.3, 0.4) is 0 Å². The molecule has 1 atom stereocenters. The monoisotopic (exact) mass is 288 g/mol. The first kappa shape index (κ1) is 15.7. The van der Waals surface area contributed by atoms with Crippen LogP contribution in [0, 0.1) is 0 Å². The fraction of sp³-hybridized carbons (Fsp3) is 0.583. The van der Waals surface area contributed by atoms with Crippen LogP contribution < -0.4 is 0 Å². The van der Waals surface area contributed by atoms with Crippen molar-refractivity contribution < 1.29 is 18.3 Å². The maximum Gasteiger partial charge on any atom is 0.352 e. The van der Waals surface area contributed by atoms with Gasteiger partial charge in [-0.05, 0) is 19.4 Å². The number of aromatic nitrogens is 1. The maximum absolute atomic E-state index is 12.5. The Labute approximate surface area is 113 Å². The third kappa shape index (κ3) is 2.98. The summed E-state index contributed by atoms with van der Waals surface area (Å²) in [4.78, 5) is 11.0. The summed E-state index contributed by atoms with van der Waals surface area (Å²) in [5.41, 5.74) is -0.0428. The highest BCUT2D eigenvalue weighted by molar-refractivity contribution is 7.89. The summed E-state index contributed by atoms with van der Waals surface area (Å²) in [6.45, 7) is 5.87. The Bertz CT molecular complexity index is 562. The van der Waals surface area contributed by atoms with E-state index in [0.29, 0.717) is 13.0 Å². The number of carboxylic acids is 1. The van der Waals surface area contributed by atoms with Crippen molar-refractivity contribution in [2.75, 3.05) is 6.54 Å². The second kappa shape index (κ2) is 5.75. The number of sulfonamides is 1. The van der Waals surface area contributed by atoms with Gasteiger partial charge in [-0.2, -0.15) is 4.31 Å². The average molecular weight is 288 g/mol. The number of aromatic carboxylic acids is 1. The highest BCUT2D eigenvalue weighted by Gasteiger charge is 2.29. The van der Waals surface area contributed by atoms with E-state index < -0.39 is 16.0 Å². The van der Waals surface area contributed by atoms with Crippen LogP contribution in [-0.2, 0) is 17.1 Å². The summed E-state index contributed by atoms with van der Waals surface area (Å²) in [6, 6.07) is 1.08. The van der Waals surface area contributed by atoms with Gasteiger partial charge in [-0.3, -0.25) is 0 Å². The molecule has 0 radical (unpaired) electrons. The lowest BCUT2D eigenvalue weighted by Crippen LogP contribution is -2.37. The van der Waals surface area contributed by atoms with Crippen molar-refractivity contribution in [3.8, 4) is 0 Å². The van der Waals surface area contributed by atoms with Gasteiger partial charge < -0.3 is 9.67 Å². The van der Waals surface area contributed by atoms with Crippen molar-refractivity contribution in [1.29, 1.82) is 0 Å². The van der Waals surface area contributed by atoms with Crippen LogP contribution in [0.2, 0.25) is 0 Å². The summed E-state index contributed by atoms with van der Waals surface area (Å²) in [6.07, 6.45) is 2.04. The molecule has 6 nitrogen and oxygen atoms in total. The van der Waals surface area contributed by atoms with E-state index in [9.17, 15) is 13.2 Å². The van der Waals surface area contributed by atoms with E-state index in [4.69, 9.17) is 5.11 Å². The van der Waals surface area contributed by atoms with Gasteiger partial charge in [0.1, 0.15) is 10.6 Å². The van der Waals surface area contributed by atoms with Gasteiger partial charge in [-0.1, -0.05) is 13.8 Å². The van der Waals surface area contributed by atoms with Crippen LogP contribution in [-0.4, -0.2) is 41.0 Å². The third-order valence-electron chi connectivity index (χ3n) is 3.20. The lowest BCUT2D eigenvalue weighted by molar-refractivity contribution is 0.0686. The first-order valence-electron chi connectivity index (χ1n) is 6.17. The molecule has 7 heteroatoms. The number of carbonyl (C=O) groups is 1. The number of nitrogens with zero attached hydrogens (tertiary/aromatic N) is 2. The largest absolute Gasteiger partial charge is 0.477 e. The van der Waals surface area contributed by atoms with E-state index in [1.165, 1.54) is 28.2 Å². The van der Waals surface area contributed by atoms with E-state index in [0.717, 1.165) is 0 Å². The molecule has 0 aromatic carbocycles. The highest BCUT2D eigenvalue weighted by Crippen LogP contribution is 2.21. The highest BCUT2D eigenvalue weighted by atomic mass is 32.2. The predicted molar refractivity (Wildman–Crippen MR) is 71.7 cm³/mol. The molecule has 1 aromatic heterocycles. The van der Waals surface area contributed by atoms with E-state index in [-0.39, 0.29) is 16.6 Å². The molecule has 0 bridgehead atoms. The number of hydrogen-bond donors (Lipinski definition) is 1. The quantitative estimate of drug-likeness (QED) is 0.861. The first-order chi connectivity index (χ1) is 8.75. The van der Waals surface area contributed by atoms with Crippen molar-refractivity contribution in [3.63, 3.8) is 0 Å². The summed E-state index contributed by atoms with van der Waals surface area (Å²) in [5, 5.41) is 8.97. The molecular weight excluding hydrogens is 268 g/mol. The molecular formula is C12H20N2O4S. The molecule has 0 spiro atoms. The lowest BCUT2D eigenvalue weighted by Gasteiger charge is -2.25. The van der Waals surface area contributed by atoms with Gasteiger partial charge >= 0.3 is 5.97 Å². The minimum Gasteiger partial charge on any atom is -0.477 e. The molecule has 1 unspecified atom stereocenters. The van der Waals surface area contributed by atoms with Crippen molar-refractivity contribution in [2.24, 2.45) is 7.05 Å². The van der Waals surface area contributed by atoms with Gasteiger partial charge in [0.05, 0.1) is 0 Å². The zero-order valence-electron chi connectivity index (χ0n) is 11.6. The Morgan fingerprint density at radius 1 is 1.47 bits per heavy atom. The Kier molecular flexibility index (Phi) is 4.75. The lowest BCUT2D eigenvalue weighted by atomic mass is 10.3. The van der Waals surface area contributed by atoms with E-state index >= 15 is 0 Å². The number of rotatable bonds is 6. The second-order valence-electron chi connectivity index (χ2n) is 4.44. The van der Waals surface area contributed by atoms with Crippen molar-refractivity contribution >= 4 is 16.0 Å². The molecule has 1 N–H and O–H groups in total. The molecule has 0 saturated carbocycles. The number of hydrogen-bond acceptors (Lipinski definition) is 3. The molecule has 0 fully saturated rings. The fourth-order valence-corrected chi connectivity index (χ4v) is 3.73. The van der Waals surface area contributed by atoms with Crippen LogP contribution in [0.5, 0.6) is 0 Å². The van der Waals surface area contributed by atoms with Gasteiger partial charge in [0.15, 0.2) is 0 Å². The summed E-state index contributed by atoms with van der Waals surface area (Å²) in [5.74, 6) is -1.14. The molecule has 19 heavy (non-hydrogen) atoms. The van der Waals surface area contributed by atoms with Crippen LogP contribution in [0.4, 0.5) is 0 Å². The molecule has 0 saturated heterocycles. The molecule has 108 valence electrons. The number of aryl methyl sites for hydroxylation is 1. The summed E-state index contributed by atoms with van der Waals surface area (Å²) < 4.78 is 27.6. The van der Waals surface area contributed by atoms with Crippen molar-refractivity contribution in [3.05, 3.63) is 18.0 Å². The standard InChI is InChI=1S/C12H20N2O4S/c1-5-9(3)14(6-2)19(17,18)10-7-11(12(15)16)13(4)8-10/h7-9H,5-6H2,1-4H3,(H,15,16). The van der Waals surface area contributed by atoms with Gasteiger partial charge in [0.2, 0.25) is 10.0 Å². The van der Waals surface area contributed by atoms with E-state index in [1.54, 1.807) is 6.92 Å². The fourth-order valence-electron chi connectivity index (χ4n) is 1.95. The molecule has 1 rings (SSSR count). The Morgan fingerprint density at radius 2 is 2.05 bits per heavy atom. The zero-order chi connectivity index (χ0) is 14.8. The third-order valence-corrected chi connectivity index (χ3v) is 5.25. The number of carboxylic acid groups (broad SMARTS) is 1. The van der Waals surface area contributed by atoms with E-state index in [1.807, 2.05) is 13.8 Å². The van der Waals surface area contributed by atoms with Gasteiger partial charge in [0, 0.05) is 25.8 Å². The summed E-state index contributed by atoms with van der Waals surface area (Å²) in [7, 11) is -2.13. The van der Waals surface area contributed by atoms with Crippen LogP contribution in [0.15, 0.2) is 17.2 Å². The zero-order valence-corrected chi connectivity index (χ0v) is 12.4. The molecule has 0 aliphatic carbocycles. The molecule has 0 aliphatic heterocycles. The minimum absolute atomic E-state index is 0.0227. The van der Waals surface area contributed by atoms with Gasteiger partial charge in [0.25, 0.3) is 0 Å². The van der Waals surface area contributed by atoms with Crippen LogP contribution >= 0.6 is 0 Å². The van der Waals surface area contributed by atoms with Crippen LogP contribution in [0.1, 0.15) is 37.7 Å². The van der Waals surface area contributed by atoms with Crippen molar-refractivity contribution in [1.82, 2.24) is 8.87 Å². The molecule has 1 aromatic rings. The molecule has 0 amide bonds.